The number of ether oxygens (including phenoxy) is 1. The highest BCUT2D eigenvalue weighted by atomic mass is 16.5. The van der Waals surface area contributed by atoms with Crippen LogP contribution in [0.4, 0.5) is 0 Å². The molecule has 1 fully saturated rings. The molecule has 100 valence electrons. The summed E-state index contributed by atoms with van der Waals surface area (Å²) in [6, 6.07) is -0.177. The van der Waals surface area contributed by atoms with Crippen molar-refractivity contribution in [3.63, 3.8) is 0 Å². The normalized spacial score (nSPS) is 23.1. The molecular weight excluding hydrogens is 218 g/mol. The van der Waals surface area contributed by atoms with E-state index in [2.05, 4.69) is 6.92 Å². The first-order chi connectivity index (χ1) is 8.03. The highest BCUT2D eigenvalue weighted by Gasteiger charge is 2.42. The van der Waals surface area contributed by atoms with Crippen molar-refractivity contribution < 1.29 is 14.6 Å². The first-order valence-electron chi connectivity index (χ1n) is 6.60. The molecule has 1 aliphatic rings. The average molecular weight is 243 g/mol. The van der Waals surface area contributed by atoms with Gasteiger partial charge in [-0.25, -0.2) is 0 Å². The van der Waals surface area contributed by atoms with E-state index in [1.165, 1.54) is 12.8 Å². The summed E-state index contributed by atoms with van der Waals surface area (Å²) in [5.74, 6) is 0.0997. The summed E-state index contributed by atoms with van der Waals surface area (Å²) in [4.78, 5) is 13.8. The Labute approximate surface area is 104 Å². The van der Waals surface area contributed by atoms with E-state index in [0.717, 1.165) is 12.8 Å². The summed E-state index contributed by atoms with van der Waals surface area (Å²) < 4.78 is 5.55. The summed E-state index contributed by atoms with van der Waals surface area (Å²) >= 11 is 0. The average Bonchev–Trinajstić information content (AvgIpc) is 2.59. The molecule has 1 atom stereocenters. The summed E-state index contributed by atoms with van der Waals surface area (Å²) in [5, 5.41) is 9.25. The molecule has 0 saturated carbocycles. The molecule has 0 radical (unpaired) electrons. The van der Waals surface area contributed by atoms with Crippen LogP contribution in [0, 0.1) is 0 Å². The largest absolute Gasteiger partial charge is 0.394 e. The molecule has 0 aromatic rings. The van der Waals surface area contributed by atoms with E-state index in [-0.39, 0.29) is 18.6 Å². The minimum atomic E-state index is -0.574. The zero-order valence-corrected chi connectivity index (χ0v) is 11.2. The minimum Gasteiger partial charge on any atom is -0.394 e. The Morgan fingerprint density at radius 3 is 2.71 bits per heavy atom. The molecule has 1 rings (SSSR count). The van der Waals surface area contributed by atoms with E-state index in [9.17, 15) is 9.90 Å². The van der Waals surface area contributed by atoms with Crippen LogP contribution in [0.1, 0.15) is 52.9 Å². The highest BCUT2D eigenvalue weighted by molar-refractivity contribution is 5.77. The van der Waals surface area contributed by atoms with Gasteiger partial charge in [-0.05, 0) is 20.3 Å². The van der Waals surface area contributed by atoms with E-state index < -0.39 is 5.72 Å². The third-order valence-electron chi connectivity index (χ3n) is 3.30. The Bertz CT molecular complexity index is 253. The van der Waals surface area contributed by atoms with Gasteiger partial charge in [0.05, 0.1) is 19.3 Å². The van der Waals surface area contributed by atoms with E-state index in [4.69, 9.17) is 4.74 Å². The van der Waals surface area contributed by atoms with Crippen molar-refractivity contribution in [2.75, 3.05) is 13.2 Å². The standard InChI is InChI=1S/C13H25NO3/c1-4-5-6-7-8-12(16)14-11(9-15)10-17-13(14,2)3/h11,15H,4-10H2,1-3H3/t11-/m1/s1. The molecule has 0 aromatic carbocycles. The second kappa shape index (κ2) is 6.36. The molecule has 4 nitrogen and oxygen atoms in total. The quantitative estimate of drug-likeness (QED) is 0.725. The van der Waals surface area contributed by atoms with Gasteiger partial charge in [0.2, 0.25) is 5.91 Å². The van der Waals surface area contributed by atoms with E-state index in [0.29, 0.717) is 13.0 Å². The molecule has 0 bridgehead atoms. The van der Waals surface area contributed by atoms with E-state index in [1.54, 1.807) is 4.90 Å². The van der Waals surface area contributed by atoms with Gasteiger partial charge in [-0.3, -0.25) is 4.79 Å². The van der Waals surface area contributed by atoms with Gasteiger partial charge < -0.3 is 14.7 Å². The highest BCUT2D eigenvalue weighted by Crippen LogP contribution is 2.28. The molecule has 0 spiro atoms. The third-order valence-corrected chi connectivity index (χ3v) is 3.30. The number of amides is 1. The van der Waals surface area contributed by atoms with Crippen LogP contribution in [0.2, 0.25) is 0 Å². The van der Waals surface area contributed by atoms with Crippen molar-refractivity contribution in [3.8, 4) is 0 Å². The maximum Gasteiger partial charge on any atom is 0.225 e. The summed E-state index contributed by atoms with van der Waals surface area (Å²) in [7, 11) is 0. The summed E-state index contributed by atoms with van der Waals surface area (Å²) in [6.07, 6.45) is 4.93. The van der Waals surface area contributed by atoms with Crippen LogP contribution < -0.4 is 0 Å². The number of carbonyl (C=O) groups excluding carboxylic acids is 1. The van der Waals surface area contributed by atoms with Crippen LogP contribution in [0.3, 0.4) is 0 Å². The molecular formula is C13H25NO3. The molecule has 0 unspecified atom stereocenters. The number of hydrogen-bond acceptors (Lipinski definition) is 3. The van der Waals surface area contributed by atoms with Crippen LogP contribution in [-0.4, -0.2) is 40.9 Å². The van der Waals surface area contributed by atoms with E-state index >= 15 is 0 Å². The number of aliphatic hydroxyl groups excluding tert-OH is 1. The number of hydrogen-bond donors (Lipinski definition) is 1. The SMILES string of the molecule is CCCCCCC(=O)N1[C@H](CO)COC1(C)C. The van der Waals surface area contributed by atoms with Crippen LogP contribution in [-0.2, 0) is 9.53 Å². The van der Waals surface area contributed by atoms with Crippen LogP contribution in [0.5, 0.6) is 0 Å². The molecule has 1 saturated heterocycles. The van der Waals surface area contributed by atoms with Crippen LogP contribution >= 0.6 is 0 Å². The Morgan fingerprint density at radius 2 is 2.12 bits per heavy atom. The predicted molar refractivity (Wildman–Crippen MR) is 66.5 cm³/mol. The molecule has 1 N–H and O–H groups in total. The van der Waals surface area contributed by atoms with Crippen LogP contribution in [0.15, 0.2) is 0 Å². The second-order valence-electron chi connectivity index (χ2n) is 5.17. The lowest BCUT2D eigenvalue weighted by Crippen LogP contribution is -2.49. The number of aliphatic hydroxyl groups is 1. The number of nitrogens with zero attached hydrogens (tertiary/aromatic N) is 1. The number of carbonyl (C=O) groups is 1. The van der Waals surface area contributed by atoms with Gasteiger partial charge in [-0.2, -0.15) is 0 Å². The molecule has 0 aromatic heterocycles. The Morgan fingerprint density at radius 1 is 1.41 bits per heavy atom. The maximum atomic E-state index is 12.1. The van der Waals surface area contributed by atoms with Crippen LogP contribution in [0.25, 0.3) is 0 Å². The lowest BCUT2D eigenvalue weighted by Gasteiger charge is -2.33. The third kappa shape index (κ3) is 3.68. The molecule has 1 amide bonds. The lowest BCUT2D eigenvalue weighted by molar-refractivity contribution is -0.147. The van der Waals surface area contributed by atoms with Crippen molar-refractivity contribution in [3.05, 3.63) is 0 Å². The lowest BCUT2D eigenvalue weighted by atomic mass is 10.1. The van der Waals surface area contributed by atoms with Gasteiger partial charge >= 0.3 is 0 Å². The Hall–Kier alpha value is -0.610. The smallest absolute Gasteiger partial charge is 0.225 e. The monoisotopic (exact) mass is 243 g/mol. The number of unbranched alkanes of at least 4 members (excludes halogenated alkanes) is 3. The second-order valence-corrected chi connectivity index (χ2v) is 5.17. The van der Waals surface area contributed by atoms with Gasteiger partial charge in [0, 0.05) is 6.42 Å². The van der Waals surface area contributed by atoms with Gasteiger partial charge in [0.25, 0.3) is 0 Å². The molecule has 17 heavy (non-hydrogen) atoms. The van der Waals surface area contributed by atoms with E-state index in [1.807, 2.05) is 13.8 Å². The van der Waals surface area contributed by atoms with Crippen molar-refractivity contribution >= 4 is 5.91 Å². The first-order valence-corrected chi connectivity index (χ1v) is 6.60. The minimum absolute atomic E-state index is 0.0237. The fraction of sp³-hybridized carbons (Fsp3) is 0.923. The summed E-state index contributed by atoms with van der Waals surface area (Å²) in [6.45, 7) is 6.33. The molecule has 1 aliphatic heterocycles. The van der Waals surface area contributed by atoms with Gasteiger partial charge in [-0.15, -0.1) is 0 Å². The van der Waals surface area contributed by atoms with Crippen molar-refractivity contribution in [2.45, 2.75) is 64.6 Å². The van der Waals surface area contributed by atoms with Gasteiger partial charge in [-0.1, -0.05) is 26.2 Å². The predicted octanol–water partition coefficient (Wildman–Crippen LogP) is 1.91. The first kappa shape index (κ1) is 14.5. The molecule has 1 heterocycles. The molecule has 0 aliphatic carbocycles. The fourth-order valence-corrected chi connectivity index (χ4v) is 2.35. The Kier molecular flexibility index (Phi) is 5.40. The Balaban J connectivity index is 2.47. The van der Waals surface area contributed by atoms with Gasteiger partial charge in [0.15, 0.2) is 0 Å². The van der Waals surface area contributed by atoms with Crippen molar-refractivity contribution in [1.82, 2.24) is 4.90 Å². The summed E-state index contributed by atoms with van der Waals surface area (Å²) in [5.41, 5.74) is -0.574. The molecule has 4 heteroatoms. The van der Waals surface area contributed by atoms with Crippen molar-refractivity contribution in [2.24, 2.45) is 0 Å². The number of rotatable bonds is 6. The zero-order valence-electron chi connectivity index (χ0n) is 11.2. The zero-order chi connectivity index (χ0) is 12.9. The van der Waals surface area contributed by atoms with Gasteiger partial charge in [0.1, 0.15) is 5.72 Å². The maximum absolute atomic E-state index is 12.1. The fourth-order valence-electron chi connectivity index (χ4n) is 2.35. The topological polar surface area (TPSA) is 49.8 Å². The van der Waals surface area contributed by atoms with Crippen molar-refractivity contribution in [1.29, 1.82) is 0 Å².